The Hall–Kier alpha value is -0.540. The van der Waals surface area contributed by atoms with Crippen LogP contribution in [0.15, 0.2) is 28.7 Å². The van der Waals surface area contributed by atoms with Gasteiger partial charge in [-0.3, -0.25) is 0 Å². The van der Waals surface area contributed by atoms with Crippen LogP contribution in [0.4, 0.5) is 5.69 Å². The van der Waals surface area contributed by atoms with Gasteiger partial charge in [0.15, 0.2) is 0 Å². The van der Waals surface area contributed by atoms with Gasteiger partial charge in [-0.1, -0.05) is 12.1 Å². The molecule has 2 rings (SSSR count). The Bertz CT molecular complexity index is 334. The van der Waals surface area contributed by atoms with Gasteiger partial charge >= 0.3 is 0 Å². The molecule has 0 atom stereocenters. The molecule has 0 aromatic heterocycles. The molecule has 0 aliphatic carbocycles. The first-order valence-electron chi connectivity index (χ1n) is 5.94. The van der Waals surface area contributed by atoms with Gasteiger partial charge in [0, 0.05) is 18.1 Å². The van der Waals surface area contributed by atoms with Gasteiger partial charge in [0.2, 0.25) is 0 Å². The zero-order valence-electron chi connectivity index (χ0n) is 9.75. The molecule has 1 saturated heterocycles. The molecule has 0 spiro atoms. The highest BCUT2D eigenvalue weighted by molar-refractivity contribution is 9.10. The zero-order chi connectivity index (χ0) is 11.4. The second-order valence-corrected chi connectivity index (χ2v) is 5.38. The minimum absolute atomic E-state index is 0.832. The van der Waals surface area contributed by atoms with E-state index in [1.165, 1.54) is 36.1 Å². The SMILES string of the molecule is CN(CC1CCNCC1)c1ccccc1Br. The third-order valence-electron chi connectivity index (χ3n) is 3.25. The third-order valence-corrected chi connectivity index (χ3v) is 3.93. The normalized spacial score (nSPS) is 17.4. The molecule has 1 aromatic carbocycles. The Kier molecular flexibility index (Phi) is 4.24. The van der Waals surface area contributed by atoms with Crippen molar-refractivity contribution in [2.24, 2.45) is 5.92 Å². The summed E-state index contributed by atoms with van der Waals surface area (Å²) >= 11 is 3.61. The van der Waals surface area contributed by atoms with Gasteiger partial charge in [0.25, 0.3) is 0 Å². The van der Waals surface area contributed by atoms with Crippen LogP contribution in [0.25, 0.3) is 0 Å². The quantitative estimate of drug-likeness (QED) is 0.917. The van der Waals surface area contributed by atoms with Crippen molar-refractivity contribution >= 4 is 21.6 Å². The van der Waals surface area contributed by atoms with Gasteiger partial charge in [-0.25, -0.2) is 0 Å². The molecule has 1 fully saturated rings. The van der Waals surface area contributed by atoms with E-state index in [2.05, 4.69) is 57.5 Å². The summed E-state index contributed by atoms with van der Waals surface area (Å²) in [6.45, 7) is 3.51. The largest absolute Gasteiger partial charge is 0.373 e. The summed E-state index contributed by atoms with van der Waals surface area (Å²) in [5.41, 5.74) is 1.29. The van der Waals surface area contributed by atoms with Crippen LogP contribution in [-0.2, 0) is 0 Å². The summed E-state index contributed by atoms with van der Waals surface area (Å²) in [6, 6.07) is 8.43. The molecule has 88 valence electrons. The van der Waals surface area contributed by atoms with Crippen molar-refractivity contribution in [1.29, 1.82) is 0 Å². The Balaban J connectivity index is 1.96. The number of nitrogens with zero attached hydrogens (tertiary/aromatic N) is 1. The molecule has 1 heterocycles. The van der Waals surface area contributed by atoms with Gasteiger partial charge in [0.05, 0.1) is 5.69 Å². The number of rotatable bonds is 3. The molecule has 3 heteroatoms. The number of para-hydroxylation sites is 1. The molecule has 16 heavy (non-hydrogen) atoms. The first kappa shape index (κ1) is 11.9. The zero-order valence-corrected chi connectivity index (χ0v) is 11.3. The molecule has 0 bridgehead atoms. The highest BCUT2D eigenvalue weighted by Gasteiger charge is 2.15. The van der Waals surface area contributed by atoms with Crippen LogP contribution in [0, 0.1) is 5.92 Å². The highest BCUT2D eigenvalue weighted by atomic mass is 79.9. The number of hydrogen-bond donors (Lipinski definition) is 1. The fourth-order valence-electron chi connectivity index (χ4n) is 2.31. The molecule has 0 unspecified atom stereocenters. The van der Waals surface area contributed by atoms with Crippen molar-refractivity contribution in [1.82, 2.24) is 5.32 Å². The van der Waals surface area contributed by atoms with Crippen molar-refractivity contribution in [2.45, 2.75) is 12.8 Å². The molecule has 0 radical (unpaired) electrons. The van der Waals surface area contributed by atoms with Gasteiger partial charge < -0.3 is 10.2 Å². The first-order valence-corrected chi connectivity index (χ1v) is 6.73. The van der Waals surface area contributed by atoms with Crippen LogP contribution >= 0.6 is 15.9 Å². The molecule has 1 aliphatic heterocycles. The van der Waals surface area contributed by atoms with E-state index in [4.69, 9.17) is 0 Å². The maximum atomic E-state index is 3.61. The van der Waals surface area contributed by atoms with Gasteiger partial charge in [-0.15, -0.1) is 0 Å². The monoisotopic (exact) mass is 282 g/mol. The number of halogens is 1. The second-order valence-electron chi connectivity index (χ2n) is 4.53. The van der Waals surface area contributed by atoms with Crippen LogP contribution in [0.3, 0.4) is 0 Å². The van der Waals surface area contributed by atoms with Crippen LogP contribution in [0.2, 0.25) is 0 Å². The van der Waals surface area contributed by atoms with E-state index in [1.54, 1.807) is 0 Å². The van der Waals surface area contributed by atoms with Crippen molar-refractivity contribution in [3.8, 4) is 0 Å². The summed E-state index contributed by atoms with van der Waals surface area (Å²) in [5, 5.41) is 3.41. The molecule has 2 nitrogen and oxygen atoms in total. The second kappa shape index (κ2) is 5.69. The summed E-state index contributed by atoms with van der Waals surface area (Å²) in [7, 11) is 2.18. The minimum Gasteiger partial charge on any atom is -0.373 e. The smallest absolute Gasteiger partial charge is 0.0508 e. The highest BCUT2D eigenvalue weighted by Crippen LogP contribution is 2.26. The summed E-state index contributed by atoms with van der Waals surface area (Å²) in [4.78, 5) is 2.36. The van der Waals surface area contributed by atoms with Gasteiger partial charge in [-0.2, -0.15) is 0 Å². The summed E-state index contributed by atoms with van der Waals surface area (Å²) in [6.07, 6.45) is 2.60. The average Bonchev–Trinajstić information content (AvgIpc) is 2.31. The van der Waals surface area contributed by atoms with E-state index < -0.39 is 0 Å². The molecule has 1 aromatic rings. The van der Waals surface area contributed by atoms with E-state index in [0.29, 0.717) is 0 Å². The maximum absolute atomic E-state index is 3.61. The Labute approximate surface area is 106 Å². The van der Waals surface area contributed by atoms with E-state index in [0.717, 1.165) is 12.5 Å². The lowest BCUT2D eigenvalue weighted by Crippen LogP contribution is -2.34. The molecular weight excluding hydrogens is 264 g/mol. The predicted octanol–water partition coefficient (Wildman–Crippen LogP) is 2.88. The molecule has 0 amide bonds. The lowest BCUT2D eigenvalue weighted by atomic mass is 9.97. The lowest BCUT2D eigenvalue weighted by molar-refractivity contribution is 0.378. The van der Waals surface area contributed by atoms with Gasteiger partial charge in [-0.05, 0) is 59.9 Å². The topological polar surface area (TPSA) is 15.3 Å². The number of hydrogen-bond acceptors (Lipinski definition) is 2. The molecular formula is C13H19BrN2. The average molecular weight is 283 g/mol. The Morgan fingerprint density at radius 1 is 1.31 bits per heavy atom. The van der Waals surface area contributed by atoms with Crippen molar-refractivity contribution < 1.29 is 0 Å². The van der Waals surface area contributed by atoms with E-state index >= 15 is 0 Å². The number of piperidine rings is 1. The van der Waals surface area contributed by atoms with E-state index in [-0.39, 0.29) is 0 Å². The lowest BCUT2D eigenvalue weighted by Gasteiger charge is -2.29. The number of anilines is 1. The first-order chi connectivity index (χ1) is 7.77. The third kappa shape index (κ3) is 2.98. The van der Waals surface area contributed by atoms with Crippen molar-refractivity contribution in [3.05, 3.63) is 28.7 Å². The standard InChI is InChI=1S/C13H19BrN2/c1-16(10-11-6-8-15-9-7-11)13-5-3-2-4-12(13)14/h2-5,11,15H,6-10H2,1H3. The number of nitrogens with one attached hydrogen (secondary N) is 1. The summed E-state index contributed by atoms with van der Waals surface area (Å²) in [5.74, 6) is 0.832. The maximum Gasteiger partial charge on any atom is 0.0508 e. The fraction of sp³-hybridized carbons (Fsp3) is 0.538. The van der Waals surface area contributed by atoms with Crippen LogP contribution in [0.5, 0.6) is 0 Å². The van der Waals surface area contributed by atoms with Crippen molar-refractivity contribution in [3.63, 3.8) is 0 Å². The Morgan fingerprint density at radius 3 is 2.69 bits per heavy atom. The minimum atomic E-state index is 0.832. The van der Waals surface area contributed by atoms with E-state index in [9.17, 15) is 0 Å². The summed E-state index contributed by atoms with van der Waals surface area (Å²) < 4.78 is 1.19. The van der Waals surface area contributed by atoms with Gasteiger partial charge in [0.1, 0.15) is 0 Å². The number of benzene rings is 1. The Morgan fingerprint density at radius 2 is 2.00 bits per heavy atom. The van der Waals surface area contributed by atoms with Crippen LogP contribution < -0.4 is 10.2 Å². The van der Waals surface area contributed by atoms with E-state index in [1.807, 2.05) is 0 Å². The fourth-order valence-corrected chi connectivity index (χ4v) is 2.90. The predicted molar refractivity (Wildman–Crippen MR) is 73.0 cm³/mol. The van der Waals surface area contributed by atoms with Crippen LogP contribution in [-0.4, -0.2) is 26.7 Å². The molecule has 1 aliphatic rings. The van der Waals surface area contributed by atoms with Crippen LogP contribution in [0.1, 0.15) is 12.8 Å². The van der Waals surface area contributed by atoms with Crippen molar-refractivity contribution in [2.75, 3.05) is 31.6 Å². The molecule has 1 N–H and O–H groups in total. The molecule has 0 saturated carbocycles.